The molecule has 3 rings (SSSR count). The maximum atomic E-state index is 12.0. The summed E-state index contributed by atoms with van der Waals surface area (Å²) in [4.78, 5) is 12.0. The number of benzene rings is 1. The van der Waals surface area contributed by atoms with Gasteiger partial charge >= 0.3 is 5.97 Å². The summed E-state index contributed by atoms with van der Waals surface area (Å²) in [5.41, 5.74) is 1.87. The number of carbonyl (C=O) groups is 1. The van der Waals surface area contributed by atoms with E-state index >= 15 is 0 Å². The Morgan fingerprint density at radius 3 is 2.50 bits per heavy atom. The van der Waals surface area contributed by atoms with Crippen LogP contribution in [0.1, 0.15) is 39.7 Å². The van der Waals surface area contributed by atoms with Crippen LogP contribution < -0.4 is 0 Å². The van der Waals surface area contributed by atoms with Crippen LogP contribution in [0.15, 0.2) is 42.7 Å². The molecule has 1 aromatic carbocycles. The molecular formula is C18H22N2O2. The average molecular weight is 298 g/mol. The van der Waals surface area contributed by atoms with Crippen molar-refractivity contribution < 1.29 is 9.53 Å². The van der Waals surface area contributed by atoms with Crippen molar-refractivity contribution in [1.29, 1.82) is 0 Å². The first-order valence-corrected chi connectivity index (χ1v) is 7.75. The quantitative estimate of drug-likeness (QED) is 0.809. The van der Waals surface area contributed by atoms with Gasteiger partial charge < -0.3 is 4.74 Å². The van der Waals surface area contributed by atoms with E-state index in [4.69, 9.17) is 4.74 Å². The van der Waals surface area contributed by atoms with Crippen molar-refractivity contribution in [3.63, 3.8) is 0 Å². The number of carbonyl (C=O) groups excluding carboxylic acids is 1. The lowest BCUT2D eigenvalue weighted by molar-refractivity contribution is -0.164. The topological polar surface area (TPSA) is 44.1 Å². The van der Waals surface area contributed by atoms with Crippen molar-refractivity contribution >= 4 is 5.97 Å². The second-order valence-electron chi connectivity index (χ2n) is 6.93. The summed E-state index contributed by atoms with van der Waals surface area (Å²) in [5, 5.41) is 4.45. The molecule has 2 aromatic rings. The molecule has 4 nitrogen and oxygen atoms in total. The van der Waals surface area contributed by atoms with Gasteiger partial charge in [0.2, 0.25) is 0 Å². The van der Waals surface area contributed by atoms with Gasteiger partial charge in [-0.25, -0.2) is 0 Å². The van der Waals surface area contributed by atoms with Crippen molar-refractivity contribution in [2.24, 2.45) is 5.92 Å². The maximum absolute atomic E-state index is 12.0. The Kier molecular flexibility index (Phi) is 3.77. The number of hydrogen-bond donors (Lipinski definition) is 0. The Bertz CT molecular complexity index is 649. The molecule has 0 spiro atoms. The van der Waals surface area contributed by atoms with E-state index in [1.807, 2.05) is 49.8 Å². The second kappa shape index (κ2) is 5.59. The largest absolute Gasteiger partial charge is 0.460 e. The van der Waals surface area contributed by atoms with Gasteiger partial charge in [0.25, 0.3) is 0 Å². The minimum absolute atomic E-state index is 0.00796. The van der Waals surface area contributed by atoms with Gasteiger partial charge in [-0.3, -0.25) is 9.48 Å². The molecule has 0 bridgehead atoms. The zero-order valence-electron chi connectivity index (χ0n) is 13.3. The average Bonchev–Trinajstić information content (AvgIpc) is 2.85. The summed E-state index contributed by atoms with van der Waals surface area (Å²) in [7, 11) is 0. The molecule has 22 heavy (non-hydrogen) atoms. The predicted molar refractivity (Wildman–Crippen MR) is 85.3 cm³/mol. The van der Waals surface area contributed by atoms with E-state index < -0.39 is 5.60 Å². The van der Waals surface area contributed by atoms with Crippen molar-refractivity contribution in [1.82, 2.24) is 9.78 Å². The molecule has 1 saturated carbocycles. The van der Waals surface area contributed by atoms with Crippen LogP contribution in [0, 0.1) is 5.92 Å². The van der Waals surface area contributed by atoms with Crippen LogP contribution in [0.25, 0.3) is 11.1 Å². The lowest BCUT2D eigenvalue weighted by Gasteiger charge is -2.35. The molecule has 0 saturated heterocycles. The fourth-order valence-corrected chi connectivity index (χ4v) is 2.70. The zero-order chi connectivity index (χ0) is 15.7. The van der Waals surface area contributed by atoms with Gasteiger partial charge in [0, 0.05) is 11.8 Å². The molecule has 116 valence electrons. The Balaban J connectivity index is 1.60. The van der Waals surface area contributed by atoms with Crippen LogP contribution in [0.3, 0.4) is 0 Å². The Hall–Kier alpha value is -2.10. The molecule has 0 radical (unpaired) electrons. The Morgan fingerprint density at radius 1 is 1.18 bits per heavy atom. The Labute approximate surface area is 131 Å². The number of esters is 1. The smallest absolute Gasteiger partial charge is 0.309 e. The minimum Gasteiger partial charge on any atom is -0.460 e. The predicted octanol–water partition coefficient (Wildman–Crippen LogP) is 3.84. The molecule has 0 amide bonds. The van der Waals surface area contributed by atoms with E-state index in [1.165, 1.54) is 0 Å². The van der Waals surface area contributed by atoms with E-state index in [9.17, 15) is 4.79 Å². The molecule has 0 atom stereocenters. The summed E-state index contributed by atoms with van der Waals surface area (Å²) < 4.78 is 7.41. The van der Waals surface area contributed by atoms with Gasteiger partial charge in [-0.05, 0) is 39.2 Å². The molecule has 0 unspecified atom stereocenters. The first-order chi connectivity index (χ1) is 10.4. The van der Waals surface area contributed by atoms with Gasteiger partial charge in [0.15, 0.2) is 0 Å². The van der Waals surface area contributed by atoms with Crippen LogP contribution in [0.4, 0.5) is 0 Å². The molecule has 1 heterocycles. The van der Waals surface area contributed by atoms with Crippen molar-refractivity contribution in [2.75, 3.05) is 0 Å². The van der Waals surface area contributed by atoms with E-state index in [1.54, 1.807) is 0 Å². The van der Waals surface area contributed by atoms with Gasteiger partial charge in [-0.2, -0.15) is 5.10 Å². The van der Waals surface area contributed by atoms with Crippen LogP contribution in [0.2, 0.25) is 0 Å². The minimum atomic E-state index is -0.408. The lowest BCUT2D eigenvalue weighted by atomic mass is 9.80. The van der Waals surface area contributed by atoms with E-state index in [-0.39, 0.29) is 11.9 Å². The summed E-state index contributed by atoms with van der Waals surface area (Å²) in [6.45, 7) is 5.71. The van der Waals surface area contributed by atoms with E-state index in [2.05, 4.69) is 23.4 Å². The molecule has 1 aromatic heterocycles. The maximum Gasteiger partial charge on any atom is 0.309 e. The van der Waals surface area contributed by atoms with E-state index in [0.717, 1.165) is 24.0 Å². The first-order valence-electron chi connectivity index (χ1n) is 7.75. The SMILES string of the molecule is CC(C)(C)OC(=O)[C@H]1C[C@H](n2cc(-c3ccccc3)cn2)C1. The van der Waals surface area contributed by atoms with Crippen molar-refractivity contribution in [3.8, 4) is 11.1 Å². The standard InChI is InChI=1S/C18H22N2O2/c1-18(2,3)22-17(21)14-9-16(10-14)20-12-15(11-19-20)13-7-5-4-6-8-13/h4-8,11-12,14,16H,9-10H2,1-3H3/t14-,16-. The second-order valence-corrected chi connectivity index (χ2v) is 6.93. The van der Waals surface area contributed by atoms with Gasteiger partial charge in [0.1, 0.15) is 5.60 Å². The number of rotatable bonds is 3. The Morgan fingerprint density at radius 2 is 1.86 bits per heavy atom. The molecule has 0 N–H and O–H groups in total. The summed E-state index contributed by atoms with van der Waals surface area (Å²) in [5.74, 6) is -0.0761. The summed E-state index contributed by atoms with van der Waals surface area (Å²) >= 11 is 0. The fraction of sp³-hybridized carbons (Fsp3) is 0.444. The van der Waals surface area contributed by atoms with Crippen molar-refractivity contribution in [3.05, 3.63) is 42.7 Å². The summed E-state index contributed by atoms with van der Waals surface area (Å²) in [6, 6.07) is 10.5. The molecule has 1 aliphatic carbocycles. The number of hydrogen-bond acceptors (Lipinski definition) is 3. The van der Waals surface area contributed by atoms with Crippen LogP contribution in [0.5, 0.6) is 0 Å². The van der Waals surface area contributed by atoms with Gasteiger partial charge in [0.05, 0.1) is 18.2 Å². The van der Waals surface area contributed by atoms with Crippen LogP contribution in [-0.2, 0) is 9.53 Å². The van der Waals surface area contributed by atoms with Gasteiger partial charge in [-0.1, -0.05) is 30.3 Å². The normalized spacial score (nSPS) is 21.2. The molecule has 1 aliphatic rings. The lowest BCUT2D eigenvalue weighted by Crippen LogP contribution is -2.37. The third kappa shape index (κ3) is 3.21. The number of nitrogens with zero attached hydrogens (tertiary/aromatic N) is 2. The van der Waals surface area contributed by atoms with E-state index in [0.29, 0.717) is 6.04 Å². The highest BCUT2D eigenvalue weighted by Crippen LogP contribution is 2.39. The van der Waals surface area contributed by atoms with Gasteiger partial charge in [-0.15, -0.1) is 0 Å². The first kappa shape index (κ1) is 14.8. The van der Waals surface area contributed by atoms with Crippen LogP contribution in [-0.4, -0.2) is 21.4 Å². The monoisotopic (exact) mass is 298 g/mol. The fourth-order valence-electron chi connectivity index (χ4n) is 2.70. The molecule has 1 fully saturated rings. The molecular weight excluding hydrogens is 276 g/mol. The highest BCUT2D eigenvalue weighted by molar-refractivity contribution is 5.74. The number of ether oxygens (including phenoxy) is 1. The molecule has 4 heteroatoms. The molecule has 0 aliphatic heterocycles. The summed E-state index contributed by atoms with van der Waals surface area (Å²) in [6.07, 6.45) is 5.57. The van der Waals surface area contributed by atoms with Crippen molar-refractivity contribution in [2.45, 2.75) is 45.3 Å². The highest BCUT2D eigenvalue weighted by Gasteiger charge is 2.38. The van der Waals surface area contributed by atoms with Crippen LogP contribution >= 0.6 is 0 Å². The zero-order valence-corrected chi connectivity index (χ0v) is 13.3. The highest BCUT2D eigenvalue weighted by atomic mass is 16.6. The third-order valence-electron chi connectivity index (χ3n) is 3.94. The third-order valence-corrected chi connectivity index (χ3v) is 3.94. The number of aromatic nitrogens is 2.